The number of carbonyl (C=O) groups excluding carboxylic acids is 1. The summed E-state index contributed by atoms with van der Waals surface area (Å²) >= 11 is 0. The molecule has 0 fully saturated rings. The van der Waals surface area contributed by atoms with Crippen molar-refractivity contribution in [1.29, 1.82) is 0 Å². The first-order chi connectivity index (χ1) is 6.88. The van der Waals surface area contributed by atoms with Crippen molar-refractivity contribution >= 4 is 5.91 Å². The first-order valence-corrected chi connectivity index (χ1v) is 4.45. The highest BCUT2D eigenvalue weighted by molar-refractivity contribution is 5.91. The van der Waals surface area contributed by atoms with Crippen molar-refractivity contribution in [3.8, 4) is 0 Å². The number of aromatic amines is 1. The first-order valence-electron chi connectivity index (χ1n) is 4.45. The van der Waals surface area contributed by atoms with Crippen LogP contribution in [0.2, 0.25) is 0 Å². The molecule has 0 saturated carbocycles. The Morgan fingerprint density at radius 3 is 2.73 bits per heavy atom. The number of H-pyrrole nitrogens is 1. The molecule has 1 heterocycles. The Balaban J connectivity index is 2.62. The van der Waals surface area contributed by atoms with Crippen molar-refractivity contribution in [3.63, 3.8) is 0 Å². The molecule has 0 saturated heterocycles. The van der Waals surface area contributed by atoms with E-state index >= 15 is 0 Å². The van der Waals surface area contributed by atoms with E-state index in [-0.39, 0.29) is 17.8 Å². The van der Waals surface area contributed by atoms with Crippen molar-refractivity contribution in [2.24, 2.45) is 0 Å². The lowest BCUT2D eigenvalue weighted by Crippen LogP contribution is -2.38. The van der Waals surface area contributed by atoms with Gasteiger partial charge in [0.25, 0.3) is 11.5 Å². The Bertz CT molecular complexity index is 385. The van der Waals surface area contributed by atoms with E-state index in [4.69, 9.17) is 0 Å². The van der Waals surface area contributed by atoms with E-state index in [0.29, 0.717) is 0 Å². The van der Waals surface area contributed by atoms with Crippen molar-refractivity contribution < 1.29 is 9.90 Å². The van der Waals surface area contributed by atoms with Gasteiger partial charge in [-0.25, -0.2) is 5.10 Å². The van der Waals surface area contributed by atoms with Crippen molar-refractivity contribution in [3.05, 3.63) is 28.2 Å². The van der Waals surface area contributed by atoms with Gasteiger partial charge >= 0.3 is 0 Å². The number of hydrogen-bond acceptors (Lipinski definition) is 4. The van der Waals surface area contributed by atoms with E-state index in [1.807, 2.05) is 0 Å². The van der Waals surface area contributed by atoms with Crippen LogP contribution < -0.4 is 10.9 Å². The molecule has 1 rings (SSSR count). The summed E-state index contributed by atoms with van der Waals surface area (Å²) in [6.45, 7) is 3.27. The monoisotopic (exact) mass is 211 g/mol. The Morgan fingerprint density at radius 1 is 1.60 bits per heavy atom. The average molecular weight is 211 g/mol. The summed E-state index contributed by atoms with van der Waals surface area (Å²) in [4.78, 5) is 22.1. The minimum absolute atomic E-state index is 0.110. The molecule has 82 valence electrons. The fourth-order valence-electron chi connectivity index (χ4n) is 0.858. The summed E-state index contributed by atoms with van der Waals surface area (Å²) < 4.78 is 0. The van der Waals surface area contributed by atoms with Crippen molar-refractivity contribution in [2.75, 3.05) is 6.54 Å². The number of aromatic nitrogens is 2. The number of amides is 1. The van der Waals surface area contributed by atoms with Crippen LogP contribution in [0, 0.1) is 0 Å². The Labute approximate surface area is 86.3 Å². The number of rotatable bonds is 3. The zero-order valence-corrected chi connectivity index (χ0v) is 8.57. The van der Waals surface area contributed by atoms with Crippen molar-refractivity contribution in [2.45, 2.75) is 19.4 Å². The molecule has 0 radical (unpaired) electrons. The van der Waals surface area contributed by atoms with E-state index < -0.39 is 11.5 Å². The Hall–Kier alpha value is -1.69. The van der Waals surface area contributed by atoms with Gasteiger partial charge in [0.05, 0.1) is 5.60 Å². The third-order valence-electron chi connectivity index (χ3n) is 1.59. The van der Waals surface area contributed by atoms with Gasteiger partial charge in [0, 0.05) is 12.6 Å². The second-order valence-corrected chi connectivity index (χ2v) is 3.80. The lowest BCUT2D eigenvalue weighted by molar-refractivity contribution is 0.0691. The molecule has 6 heteroatoms. The molecule has 6 nitrogen and oxygen atoms in total. The molecule has 0 aliphatic carbocycles. The van der Waals surface area contributed by atoms with E-state index in [0.717, 1.165) is 0 Å². The molecular formula is C9H13N3O3. The van der Waals surface area contributed by atoms with Gasteiger partial charge in [0.2, 0.25) is 0 Å². The zero-order chi connectivity index (χ0) is 11.5. The van der Waals surface area contributed by atoms with Gasteiger partial charge in [-0.15, -0.1) is 0 Å². The van der Waals surface area contributed by atoms with Crippen LogP contribution in [0.5, 0.6) is 0 Å². The maximum atomic E-state index is 11.4. The Morgan fingerprint density at radius 2 is 2.27 bits per heavy atom. The average Bonchev–Trinajstić information content (AvgIpc) is 2.14. The van der Waals surface area contributed by atoms with Gasteiger partial charge in [0.15, 0.2) is 0 Å². The Kier molecular flexibility index (Phi) is 3.21. The molecule has 0 atom stereocenters. The summed E-state index contributed by atoms with van der Waals surface area (Å²) in [5.74, 6) is -0.437. The number of aliphatic hydroxyl groups is 1. The minimum Gasteiger partial charge on any atom is -0.389 e. The fraction of sp³-hybridized carbons (Fsp3) is 0.444. The topological polar surface area (TPSA) is 95.1 Å². The molecule has 0 aliphatic heterocycles. The molecule has 1 aromatic rings. The molecule has 15 heavy (non-hydrogen) atoms. The SMILES string of the molecule is CC(C)(O)CNC(=O)c1ccc(=O)[nH]n1. The number of carbonyl (C=O) groups is 1. The third kappa shape index (κ3) is 3.90. The molecule has 0 bridgehead atoms. The number of nitrogens with one attached hydrogen (secondary N) is 2. The zero-order valence-electron chi connectivity index (χ0n) is 8.57. The van der Waals surface area contributed by atoms with E-state index in [9.17, 15) is 14.7 Å². The summed E-state index contributed by atoms with van der Waals surface area (Å²) in [6.07, 6.45) is 0. The summed E-state index contributed by atoms with van der Waals surface area (Å²) in [5.41, 5.74) is -1.23. The molecule has 1 amide bonds. The van der Waals surface area contributed by atoms with E-state index in [1.165, 1.54) is 12.1 Å². The van der Waals surface area contributed by atoms with Crippen LogP contribution >= 0.6 is 0 Å². The van der Waals surface area contributed by atoms with Gasteiger partial charge in [-0.2, -0.15) is 5.10 Å². The standard InChI is InChI=1S/C9H13N3O3/c1-9(2,15)5-10-8(14)6-3-4-7(13)12-11-6/h3-4,15H,5H2,1-2H3,(H,10,14)(H,12,13). The molecule has 0 spiro atoms. The van der Waals surface area contributed by atoms with E-state index in [1.54, 1.807) is 13.8 Å². The maximum absolute atomic E-state index is 11.4. The second-order valence-electron chi connectivity index (χ2n) is 3.80. The molecule has 0 aromatic carbocycles. The van der Waals surface area contributed by atoms with Gasteiger partial charge in [-0.3, -0.25) is 9.59 Å². The fourth-order valence-corrected chi connectivity index (χ4v) is 0.858. The van der Waals surface area contributed by atoms with Crippen LogP contribution in [-0.2, 0) is 0 Å². The van der Waals surface area contributed by atoms with Crippen LogP contribution in [-0.4, -0.2) is 33.4 Å². The number of hydrogen-bond donors (Lipinski definition) is 3. The summed E-state index contributed by atoms with van der Waals surface area (Å²) in [6, 6.07) is 2.53. The largest absolute Gasteiger partial charge is 0.389 e. The molecular weight excluding hydrogens is 198 g/mol. The smallest absolute Gasteiger partial charge is 0.271 e. The quantitative estimate of drug-likeness (QED) is 0.614. The maximum Gasteiger partial charge on any atom is 0.271 e. The van der Waals surface area contributed by atoms with Gasteiger partial charge < -0.3 is 10.4 Å². The molecule has 0 unspecified atom stereocenters. The lowest BCUT2D eigenvalue weighted by atomic mass is 10.1. The molecule has 1 aromatic heterocycles. The summed E-state index contributed by atoms with van der Waals surface area (Å²) in [7, 11) is 0. The third-order valence-corrected chi connectivity index (χ3v) is 1.59. The highest BCUT2D eigenvalue weighted by atomic mass is 16.3. The second kappa shape index (κ2) is 4.22. The van der Waals surface area contributed by atoms with Gasteiger partial charge in [0.1, 0.15) is 5.69 Å². The predicted octanol–water partition coefficient (Wildman–Crippen LogP) is -0.729. The van der Waals surface area contributed by atoms with Crippen LogP contribution in [0.4, 0.5) is 0 Å². The molecule has 0 aliphatic rings. The van der Waals surface area contributed by atoms with Crippen LogP contribution in [0.3, 0.4) is 0 Å². The van der Waals surface area contributed by atoms with Crippen LogP contribution in [0.15, 0.2) is 16.9 Å². The highest BCUT2D eigenvalue weighted by Gasteiger charge is 2.15. The van der Waals surface area contributed by atoms with Crippen LogP contribution in [0.25, 0.3) is 0 Å². The minimum atomic E-state index is -0.974. The number of nitrogens with zero attached hydrogens (tertiary/aromatic N) is 1. The first kappa shape index (κ1) is 11.4. The van der Waals surface area contributed by atoms with Crippen molar-refractivity contribution in [1.82, 2.24) is 15.5 Å². The predicted molar refractivity (Wildman–Crippen MR) is 53.5 cm³/mol. The van der Waals surface area contributed by atoms with Gasteiger partial charge in [-0.05, 0) is 19.9 Å². The molecule has 3 N–H and O–H groups in total. The lowest BCUT2D eigenvalue weighted by Gasteiger charge is -2.17. The normalized spacial score (nSPS) is 11.1. The van der Waals surface area contributed by atoms with Crippen LogP contribution in [0.1, 0.15) is 24.3 Å². The van der Waals surface area contributed by atoms with Gasteiger partial charge in [-0.1, -0.05) is 0 Å². The van der Waals surface area contributed by atoms with E-state index in [2.05, 4.69) is 15.5 Å². The summed E-state index contributed by atoms with van der Waals surface area (Å²) in [5, 5.41) is 17.5. The highest BCUT2D eigenvalue weighted by Crippen LogP contribution is 1.98.